The first-order valence-electron chi connectivity index (χ1n) is 4.75. The van der Waals surface area contributed by atoms with Crippen LogP contribution in [0.3, 0.4) is 0 Å². The number of halogens is 2. The maximum atomic E-state index is 12.9. The van der Waals surface area contributed by atoms with Gasteiger partial charge in [0.1, 0.15) is 0 Å². The van der Waals surface area contributed by atoms with Gasteiger partial charge in [-0.25, -0.2) is 8.78 Å². The molecule has 0 bridgehead atoms. The first-order chi connectivity index (χ1) is 7.18. The molecule has 0 aromatic heterocycles. The van der Waals surface area contributed by atoms with Gasteiger partial charge in [-0.2, -0.15) is 0 Å². The second-order valence-electron chi connectivity index (χ2n) is 3.55. The lowest BCUT2D eigenvalue weighted by Crippen LogP contribution is -2.14. The molecule has 0 radical (unpaired) electrons. The van der Waals surface area contributed by atoms with Crippen molar-refractivity contribution in [1.29, 1.82) is 0 Å². The van der Waals surface area contributed by atoms with E-state index >= 15 is 0 Å². The first kappa shape index (κ1) is 10.2. The highest BCUT2D eigenvalue weighted by Crippen LogP contribution is 2.19. The number of hydrogen-bond acceptors (Lipinski definition) is 2. The van der Waals surface area contributed by atoms with Gasteiger partial charge in [-0.15, -0.1) is 0 Å². The van der Waals surface area contributed by atoms with Crippen LogP contribution in [0.2, 0.25) is 0 Å². The number of ether oxygens (including phenoxy) is 1. The minimum absolute atomic E-state index is 0.175. The van der Waals surface area contributed by atoms with E-state index in [1.165, 1.54) is 6.07 Å². The Hall–Kier alpha value is -1.29. The molecule has 1 fully saturated rings. The highest BCUT2D eigenvalue weighted by molar-refractivity contribution is 5.98. The molecule has 1 aromatic rings. The molecule has 1 aliphatic heterocycles. The van der Waals surface area contributed by atoms with E-state index in [1.807, 2.05) is 0 Å². The monoisotopic (exact) mass is 212 g/mol. The van der Waals surface area contributed by atoms with Gasteiger partial charge < -0.3 is 4.74 Å². The van der Waals surface area contributed by atoms with E-state index in [0.717, 1.165) is 12.1 Å². The lowest BCUT2D eigenvalue weighted by Gasteiger charge is -2.06. The maximum absolute atomic E-state index is 12.9. The van der Waals surface area contributed by atoms with E-state index in [1.54, 1.807) is 0 Å². The van der Waals surface area contributed by atoms with Crippen molar-refractivity contribution in [2.45, 2.75) is 6.42 Å². The number of Topliss-reactive ketones (excluding diaryl/α,β-unsaturated/α-hetero) is 1. The summed E-state index contributed by atoms with van der Waals surface area (Å²) in [7, 11) is 0. The normalized spacial score (nSPS) is 20.5. The van der Waals surface area contributed by atoms with Gasteiger partial charge in [-0.1, -0.05) is 0 Å². The lowest BCUT2D eigenvalue weighted by molar-refractivity contribution is 0.0899. The Morgan fingerprint density at radius 1 is 1.33 bits per heavy atom. The minimum Gasteiger partial charge on any atom is -0.381 e. The SMILES string of the molecule is O=C(c1ccc(F)c(F)c1)C1CCOC1. The van der Waals surface area contributed by atoms with Crippen LogP contribution in [-0.4, -0.2) is 19.0 Å². The molecule has 0 aliphatic carbocycles. The summed E-state index contributed by atoms with van der Waals surface area (Å²) in [5, 5.41) is 0. The van der Waals surface area contributed by atoms with E-state index in [2.05, 4.69) is 0 Å². The van der Waals surface area contributed by atoms with Crippen molar-refractivity contribution in [1.82, 2.24) is 0 Å². The molecule has 15 heavy (non-hydrogen) atoms. The fraction of sp³-hybridized carbons (Fsp3) is 0.364. The number of hydrogen-bond donors (Lipinski definition) is 0. The van der Waals surface area contributed by atoms with Crippen molar-refractivity contribution in [3.05, 3.63) is 35.4 Å². The molecule has 2 rings (SSSR count). The quantitative estimate of drug-likeness (QED) is 0.702. The zero-order chi connectivity index (χ0) is 10.8. The van der Waals surface area contributed by atoms with Crippen LogP contribution in [0, 0.1) is 17.6 Å². The molecule has 1 unspecified atom stereocenters. The van der Waals surface area contributed by atoms with E-state index in [4.69, 9.17) is 4.74 Å². The summed E-state index contributed by atoms with van der Waals surface area (Å²) in [6.45, 7) is 0.928. The Bertz CT molecular complexity index is 384. The third-order valence-electron chi connectivity index (χ3n) is 2.50. The molecule has 1 aromatic carbocycles. The molecule has 80 valence electrons. The Morgan fingerprint density at radius 3 is 2.73 bits per heavy atom. The van der Waals surface area contributed by atoms with Gasteiger partial charge in [0.25, 0.3) is 0 Å². The molecular weight excluding hydrogens is 202 g/mol. The van der Waals surface area contributed by atoms with Gasteiger partial charge >= 0.3 is 0 Å². The Balaban J connectivity index is 2.21. The predicted octanol–water partition coefficient (Wildman–Crippen LogP) is 2.18. The maximum Gasteiger partial charge on any atom is 0.168 e. The van der Waals surface area contributed by atoms with E-state index in [9.17, 15) is 13.6 Å². The van der Waals surface area contributed by atoms with Gasteiger partial charge in [0, 0.05) is 18.1 Å². The second kappa shape index (κ2) is 4.06. The summed E-state index contributed by atoms with van der Waals surface area (Å²) in [6.07, 6.45) is 0.651. The van der Waals surface area contributed by atoms with Gasteiger partial charge in [-0.05, 0) is 24.6 Å². The molecule has 2 nitrogen and oxygen atoms in total. The molecule has 1 aliphatic rings. The van der Waals surface area contributed by atoms with Crippen LogP contribution in [-0.2, 0) is 4.74 Å². The summed E-state index contributed by atoms with van der Waals surface area (Å²) < 4.78 is 30.6. The fourth-order valence-corrected chi connectivity index (χ4v) is 1.63. The van der Waals surface area contributed by atoms with E-state index in [-0.39, 0.29) is 17.3 Å². The first-order valence-corrected chi connectivity index (χ1v) is 4.75. The van der Waals surface area contributed by atoms with Gasteiger partial charge in [0.2, 0.25) is 0 Å². The Labute approximate surface area is 85.9 Å². The zero-order valence-electron chi connectivity index (χ0n) is 8.00. The average molecular weight is 212 g/mol. The van der Waals surface area contributed by atoms with Crippen LogP contribution in [0.4, 0.5) is 8.78 Å². The molecule has 0 saturated carbocycles. The summed E-state index contributed by atoms with van der Waals surface area (Å²) in [5.41, 5.74) is 0.212. The van der Waals surface area contributed by atoms with Crippen LogP contribution >= 0.6 is 0 Å². The summed E-state index contributed by atoms with van der Waals surface area (Å²) in [5.74, 6) is -2.31. The lowest BCUT2D eigenvalue weighted by atomic mass is 9.97. The van der Waals surface area contributed by atoms with Crippen LogP contribution in [0.15, 0.2) is 18.2 Å². The smallest absolute Gasteiger partial charge is 0.168 e. The molecule has 1 saturated heterocycles. The molecular formula is C11H10F2O2. The number of ketones is 1. The van der Waals surface area contributed by atoms with E-state index < -0.39 is 11.6 Å². The number of carbonyl (C=O) groups is 1. The highest BCUT2D eigenvalue weighted by Gasteiger charge is 2.25. The van der Waals surface area contributed by atoms with Gasteiger partial charge in [0.15, 0.2) is 17.4 Å². The van der Waals surface area contributed by atoms with Crippen LogP contribution in [0.1, 0.15) is 16.8 Å². The minimum atomic E-state index is -0.986. The Kier molecular flexibility index (Phi) is 2.77. The number of benzene rings is 1. The van der Waals surface area contributed by atoms with Crippen LogP contribution in [0.5, 0.6) is 0 Å². The molecule has 1 heterocycles. The third-order valence-corrected chi connectivity index (χ3v) is 2.50. The number of carbonyl (C=O) groups excluding carboxylic acids is 1. The summed E-state index contributed by atoms with van der Waals surface area (Å²) in [4.78, 5) is 11.7. The van der Waals surface area contributed by atoms with Crippen molar-refractivity contribution in [2.75, 3.05) is 13.2 Å². The fourth-order valence-electron chi connectivity index (χ4n) is 1.63. The largest absolute Gasteiger partial charge is 0.381 e. The summed E-state index contributed by atoms with van der Waals surface area (Å²) in [6, 6.07) is 3.22. The molecule has 0 amide bonds. The standard InChI is InChI=1S/C11H10F2O2/c12-9-2-1-7(5-10(9)13)11(14)8-3-4-15-6-8/h1-2,5,8H,3-4,6H2. The Morgan fingerprint density at radius 2 is 2.13 bits per heavy atom. The van der Waals surface area contributed by atoms with Crippen LogP contribution in [0.25, 0.3) is 0 Å². The van der Waals surface area contributed by atoms with Crippen molar-refractivity contribution < 1.29 is 18.3 Å². The van der Waals surface area contributed by atoms with E-state index in [0.29, 0.717) is 19.6 Å². The highest BCUT2D eigenvalue weighted by atomic mass is 19.2. The second-order valence-corrected chi connectivity index (χ2v) is 3.55. The molecule has 0 N–H and O–H groups in total. The molecule has 1 atom stereocenters. The average Bonchev–Trinajstić information content (AvgIpc) is 2.74. The summed E-state index contributed by atoms with van der Waals surface area (Å²) >= 11 is 0. The molecule has 4 heteroatoms. The van der Waals surface area contributed by atoms with Crippen LogP contribution < -0.4 is 0 Å². The van der Waals surface area contributed by atoms with Crippen molar-refractivity contribution >= 4 is 5.78 Å². The number of rotatable bonds is 2. The molecule has 0 spiro atoms. The topological polar surface area (TPSA) is 26.3 Å². The zero-order valence-corrected chi connectivity index (χ0v) is 8.00. The van der Waals surface area contributed by atoms with Gasteiger partial charge in [-0.3, -0.25) is 4.79 Å². The van der Waals surface area contributed by atoms with Crippen molar-refractivity contribution in [3.63, 3.8) is 0 Å². The predicted molar refractivity (Wildman–Crippen MR) is 49.6 cm³/mol. The van der Waals surface area contributed by atoms with Crippen molar-refractivity contribution in [3.8, 4) is 0 Å². The third kappa shape index (κ3) is 2.04. The van der Waals surface area contributed by atoms with Gasteiger partial charge in [0.05, 0.1) is 6.61 Å². The van der Waals surface area contributed by atoms with Crippen molar-refractivity contribution in [2.24, 2.45) is 5.92 Å².